The van der Waals surface area contributed by atoms with Crippen molar-refractivity contribution in [3.8, 4) is 0 Å². The van der Waals surface area contributed by atoms with Gasteiger partial charge in [-0.15, -0.1) is 0 Å². The summed E-state index contributed by atoms with van der Waals surface area (Å²) in [6, 6.07) is 0. The largest absolute Gasteiger partial charge is 0.466 e. The van der Waals surface area contributed by atoms with Gasteiger partial charge in [-0.2, -0.15) is 0 Å². The molecule has 0 saturated heterocycles. The van der Waals surface area contributed by atoms with Gasteiger partial charge in [0.2, 0.25) is 11.8 Å². The number of methoxy groups -OCH3 is 2. The lowest BCUT2D eigenvalue weighted by Crippen LogP contribution is -2.58. The zero-order valence-corrected chi connectivity index (χ0v) is 26.4. The lowest BCUT2D eigenvalue weighted by atomic mass is 10.1. The summed E-state index contributed by atoms with van der Waals surface area (Å²) in [6.45, 7) is 3.10. The number of rotatable bonds is 22. The van der Waals surface area contributed by atoms with E-state index in [1.807, 2.05) is 12.2 Å². The van der Waals surface area contributed by atoms with Gasteiger partial charge in [-0.05, 0) is 44.9 Å². The number of ether oxygens (including phenoxy) is 3. The van der Waals surface area contributed by atoms with E-state index >= 15 is 0 Å². The normalized spacial score (nSPS) is 13.5. The third-order valence-corrected chi connectivity index (χ3v) is 5.76. The van der Waals surface area contributed by atoms with E-state index in [4.69, 9.17) is 4.74 Å². The first-order valence-corrected chi connectivity index (χ1v) is 14.8. The van der Waals surface area contributed by atoms with Gasteiger partial charge >= 0.3 is 17.9 Å². The topological polar surface area (TPSA) is 137 Å². The van der Waals surface area contributed by atoms with E-state index in [0.29, 0.717) is 6.42 Å². The molecule has 10 heteroatoms. The van der Waals surface area contributed by atoms with Gasteiger partial charge in [0.05, 0.1) is 14.2 Å². The van der Waals surface area contributed by atoms with Gasteiger partial charge in [0.15, 0.2) is 0 Å². The minimum absolute atomic E-state index is 0.153. The maximum atomic E-state index is 12.4. The highest BCUT2D eigenvalue weighted by Gasteiger charge is 2.43. The maximum absolute atomic E-state index is 12.4. The van der Waals surface area contributed by atoms with Crippen LogP contribution in [0.15, 0.2) is 85.1 Å². The van der Waals surface area contributed by atoms with Crippen molar-refractivity contribution in [1.82, 2.24) is 10.6 Å². The number of hydrogen-bond donors (Lipinski definition) is 2. The molecule has 0 heterocycles. The molecule has 2 amide bonds. The predicted octanol–water partition coefficient (Wildman–Crippen LogP) is 5.25. The van der Waals surface area contributed by atoms with Crippen molar-refractivity contribution in [3.05, 3.63) is 85.1 Å². The van der Waals surface area contributed by atoms with Crippen LogP contribution in [0.2, 0.25) is 0 Å². The summed E-state index contributed by atoms with van der Waals surface area (Å²) >= 11 is 0. The summed E-state index contributed by atoms with van der Waals surface area (Å²) in [4.78, 5) is 60.2. The monoisotopic (exact) mass is 612 g/mol. The zero-order valence-electron chi connectivity index (χ0n) is 26.4. The standard InChI is InChI=1S/C34H48N2O8/c1-5-7-8-9-10-11-12-13-14-15-16-17-18-19-20-21-22-23-24-25-29(37)35-28-32(40)44-34(6-2,33(41)43-4)36-30(38)26-27-31(39)42-3/h7-8,10-11,13-14,16-17,19-20,22-23,26-27H,5-6,9,12,15,18,21,24-25,28H2,1-4H3,(H,35,37)(H,36,38)/b8-7-,11-10-,14-13-,17-16-,20-19-,23-22-,27-26+. The van der Waals surface area contributed by atoms with E-state index in [9.17, 15) is 24.0 Å². The molecular formula is C34H48N2O8. The molecule has 1 unspecified atom stereocenters. The molecule has 0 aromatic rings. The molecular weight excluding hydrogens is 564 g/mol. The highest BCUT2D eigenvalue weighted by Crippen LogP contribution is 2.15. The Morgan fingerprint density at radius 2 is 1.16 bits per heavy atom. The first kappa shape index (κ1) is 39.5. The van der Waals surface area contributed by atoms with Gasteiger partial charge in [0, 0.05) is 25.0 Å². The number of esters is 3. The fourth-order valence-electron chi connectivity index (χ4n) is 3.38. The van der Waals surface area contributed by atoms with Crippen molar-refractivity contribution >= 4 is 29.7 Å². The second kappa shape index (κ2) is 26.2. The molecule has 0 fully saturated rings. The Balaban J connectivity index is 4.34. The molecule has 2 N–H and O–H groups in total. The predicted molar refractivity (Wildman–Crippen MR) is 171 cm³/mol. The average molecular weight is 613 g/mol. The van der Waals surface area contributed by atoms with Crippen LogP contribution in [0.5, 0.6) is 0 Å². The summed E-state index contributed by atoms with van der Waals surface area (Å²) in [5.74, 6) is -4.06. The Morgan fingerprint density at radius 3 is 1.61 bits per heavy atom. The van der Waals surface area contributed by atoms with Crippen molar-refractivity contribution in [2.45, 2.75) is 77.4 Å². The highest BCUT2D eigenvalue weighted by atomic mass is 16.6. The van der Waals surface area contributed by atoms with Crippen LogP contribution in [-0.4, -0.2) is 56.2 Å². The second-order valence-corrected chi connectivity index (χ2v) is 9.22. The van der Waals surface area contributed by atoms with E-state index in [1.54, 1.807) is 0 Å². The van der Waals surface area contributed by atoms with Gasteiger partial charge in [-0.1, -0.05) is 86.8 Å². The first-order valence-electron chi connectivity index (χ1n) is 14.8. The molecule has 0 radical (unpaired) electrons. The van der Waals surface area contributed by atoms with E-state index in [2.05, 4.69) is 87.8 Å². The summed E-state index contributed by atoms with van der Waals surface area (Å²) in [5.41, 5.74) is -2.14. The Morgan fingerprint density at radius 1 is 0.659 bits per heavy atom. The number of carbonyl (C=O) groups excluding carboxylic acids is 5. The van der Waals surface area contributed by atoms with Gasteiger partial charge in [-0.3, -0.25) is 14.4 Å². The third kappa shape index (κ3) is 20.4. The Kier molecular flexibility index (Phi) is 23.5. The van der Waals surface area contributed by atoms with Crippen LogP contribution in [0.4, 0.5) is 0 Å². The van der Waals surface area contributed by atoms with Gasteiger partial charge in [0.1, 0.15) is 6.54 Å². The number of amides is 2. The molecule has 0 aliphatic heterocycles. The molecule has 1 atom stereocenters. The quantitative estimate of drug-likeness (QED) is 0.0556. The SMILES string of the molecule is CC/C=C\C/C=C\C/C=C\C/C=C\C/C=C\C/C=C\CCC(=O)NCC(=O)OC(CC)(NC(=O)/C=C/C(=O)OC)C(=O)OC. The van der Waals surface area contributed by atoms with Crippen LogP contribution in [-0.2, 0) is 38.2 Å². The second-order valence-electron chi connectivity index (χ2n) is 9.22. The summed E-state index contributed by atoms with van der Waals surface area (Å²) in [5, 5.41) is 4.66. The third-order valence-electron chi connectivity index (χ3n) is 5.76. The lowest BCUT2D eigenvalue weighted by Gasteiger charge is -2.29. The van der Waals surface area contributed by atoms with Crippen LogP contribution in [0.25, 0.3) is 0 Å². The molecule has 0 rings (SSSR count). The van der Waals surface area contributed by atoms with Crippen LogP contribution < -0.4 is 10.6 Å². The number of hydrogen-bond acceptors (Lipinski definition) is 8. The minimum Gasteiger partial charge on any atom is -0.466 e. The minimum atomic E-state index is -2.14. The fourth-order valence-corrected chi connectivity index (χ4v) is 3.38. The summed E-state index contributed by atoms with van der Waals surface area (Å²) in [6.07, 6.45) is 32.9. The van der Waals surface area contributed by atoms with Crippen molar-refractivity contribution < 1.29 is 38.2 Å². The molecule has 0 aliphatic carbocycles. The molecule has 242 valence electrons. The van der Waals surface area contributed by atoms with Crippen molar-refractivity contribution in [1.29, 1.82) is 0 Å². The summed E-state index contributed by atoms with van der Waals surface area (Å²) in [7, 11) is 2.20. The Hall–Kier alpha value is -4.47. The number of allylic oxidation sites excluding steroid dienone is 12. The molecule has 10 nitrogen and oxygen atoms in total. The van der Waals surface area contributed by atoms with Crippen LogP contribution in [0.3, 0.4) is 0 Å². The van der Waals surface area contributed by atoms with Gasteiger partial charge in [0.25, 0.3) is 5.72 Å². The summed E-state index contributed by atoms with van der Waals surface area (Å²) < 4.78 is 14.3. The zero-order chi connectivity index (χ0) is 32.9. The molecule has 0 aromatic carbocycles. The molecule has 0 bridgehead atoms. The highest BCUT2D eigenvalue weighted by molar-refractivity contribution is 5.97. The first-order chi connectivity index (χ1) is 21.2. The van der Waals surface area contributed by atoms with E-state index in [0.717, 1.165) is 64.9 Å². The molecule has 44 heavy (non-hydrogen) atoms. The molecule has 0 spiro atoms. The smallest absolute Gasteiger partial charge is 0.372 e. The van der Waals surface area contributed by atoms with E-state index in [1.165, 1.54) is 6.92 Å². The van der Waals surface area contributed by atoms with Gasteiger partial charge < -0.3 is 24.8 Å². The number of nitrogens with one attached hydrogen (secondary N) is 2. The van der Waals surface area contributed by atoms with Gasteiger partial charge in [-0.25, -0.2) is 9.59 Å². The Bertz CT molecular complexity index is 1100. The lowest BCUT2D eigenvalue weighted by molar-refractivity contribution is -0.186. The Labute approximate surface area is 261 Å². The van der Waals surface area contributed by atoms with Crippen molar-refractivity contribution in [2.24, 2.45) is 0 Å². The maximum Gasteiger partial charge on any atom is 0.372 e. The van der Waals surface area contributed by atoms with Crippen LogP contribution in [0, 0.1) is 0 Å². The fraction of sp³-hybridized carbons (Fsp3) is 0.441. The van der Waals surface area contributed by atoms with E-state index in [-0.39, 0.29) is 18.7 Å². The van der Waals surface area contributed by atoms with Crippen LogP contribution >= 0.6 is 0 Å². The molecule has 0 saturated carbocycles. The van der Waals surface area contributed by atoms with Crippen molar-refractivity contribution in [3.63, 3.8) is 0 Å². The van der Waals surface area contributed by atoms with Crippen LogP contribution in [0.1, 0.15) is 71.6 Å². The molecule has 0 aliphatic rings. The molecule has 0 aromatic heterocycles. The number of carbonyl (C=O) groups is 5. The average Bonchev–Trinajstić information content (AvgIpc) is 3.02. The van der Waals surface area contributed by atoms with Crippen molar-refractivity contribution in [2.75, 3.05) is 20.8 Å². The van der Waals surface area contributed by atoms with E-state index < -0.39 is 36.1 Å².